The van der Waals surface area contributed by atoms with Gasteiger partial charge < -0.3 is 19.6 Å². The molecule has 10 heteroatoms. The van der Waals surface area contributed by atoms with Gasteiger partial charge in [0.1, 0.15) is 16.7 Å². The van der Waals surface area contributed by atoms with Crippen LogP contribution in [0.25, 0.3) is 22.1 Å². The number of halogens is 1. The lowest BCUT2D eigenvalue weighted by Crippen LogP contribution is -2.61. The van der Waals surface area contributed by atoms with Gasteiger partial charge in [-0.3, -0.25) is 13.8 Å². The van der Waals surface area contributed by atoms with E-state index in [1.165, 1.54) is 0 Å². The molecule has 192 valence electrons. The summed E-state index contributed by atoms with van der Waals surface area (Å²) in [5.74, 6) is -1.03. The summed E-state index contributed by atoms with van der Waals surface area (Å²) in [6.07, 6.45) is 4.71. The second kappa shape index (κ2) is 9.93. The van der Waals surface area contributed by atoms with Gasteiger partial charge in [0, 0.05) is 11.1 Å². The van der Waals surface area contributed by atoms with E-state index in [0.717, 1.165) is 30.4 Å². The monoisotopic (exact) mass is 538 g/mol. The fraction of sp³-hybridized carbons (Fsp3) is 0.370. The van der Waals surface area contributed by atoms with Gasteiger partial charge >= 0.3 is 0 Å². The van der Waals surface area contributed by atoms with Gasteiger partial charge in [-0.05, 0) is 54.5 Å². The molecule has 2 amide bonds. The number of carbonyl (C=O) groups is 2. The predicted molar refractivity (Wildman–Crippen MR) is 138 cm³/mol. The van der Waals surface area contributed by atoms with E-state index in [1.807, 2.05) is 18.2 Å². The molecule has 37 heavy (non-hydrogen) atoms. The molecule has 2 aliphatic rings. The van der Waals surface area contributed by atoms with Crippen LogP contribution in [-0.2, 0) is 21.6 Å². The second-order valence-corrected chi connectivity index (χ2v) is 11.1. The Bertz CT molecular complexity index is 1430. The van der Waals surface area contributed by atoms with Crippen LogP contribution in [0.5, 0.6) is 0 Å². The highest BCUT2D eigenvalue weighted by Crippen LogP contribution is 2.38. The number of hydrogen-bond donors (Lipinski definition) is 2. The van der Waals surface area contributed by atoms with Crippen LogP contribution in [0, 0.1) is 11.3 Å². The van der Waals surface area contributed by atoms with E-state index in [1.54, 1.807) is 24.3 Å². The molecule has 2 saturated carbocycles. The fourth-order valence-corrected chi connectivity index (χ4v) is 5.63. The minimum absolute atomic E-state index is 0.0530. The third kappa shape index (κ3) is 5.14. The third-order valence-corrected chi connectivity index (χ3v) is 8.16. The van der Waals surface area contributed by atoms with Crippen molar-refractivity contribution in [1.82, 2.24) is 10.6 Å². The summed E-state index contributed by atoms with van der Waals surface area (Å²) in [5, 5.41) is 15.9. The summed E-state index contributed by atoms with van der Waals surface area (Å²) in [6.45, 7) is 0. The van der Waals surface area contributed by atoms with Crippen LogP contribution in [0.3, 0.4) is 0 Å². The average molecular weight is 539 g/mol. The molecule has 3 aromatic rings. The van der Waals surface area contributed by atoms with Gasteiger partial charge in [-0.15, -0.1) is 0 Å². The molecule has 0 saturated heterocycles. The van der Waals surface area contributed by atoms with E-state index >= 15 is 0 Å². The number of benzene rings is 2. The lowest BCUT2D eigenvalue weighted by molar-refractivity contribution is -0.129. The summed E-state index contributed by atoms with van der Waals surface area (Å²) in [7, 11) is 0. The maximum atomic E-state index is 13.4. The predicted octanol–water partition coefficient (Wildman–Crippen LogP) is 4.74. The first-order valence-electron chi connectivity index (χ1n) is 12.2. The maximum Gasteiger partial charge on any atom is 0.289 e. The van der Waals surface area contributed by atoms with Crippen LogP contribution >= 0.6 is 11.6 Å². The Balaban J connectivity index is 1.40. The van der Waals surface area contributed by atoms with E-state index in [0.29, 0.717) is 42.2 Å². The Hall–Kier alpha value is -3.19. The van der Waals surface area contributed by atoms with Crippen LogP contribution in [0.2, 0.25) is 5.02 Å². The second-order valence-electron chi connectivity index (χ2n) is 9.85. The molecule has 0 bridgehead atoms. The van der Waals surface area contributed by atoms with Crippen molar-refractivity contribution in [3.8, 4) is 17.2 Å². The maximum absolute atomic E-state index is 13.4. The minimum Gasteiger partial charge on any atom is -0.772 e. The minimum atomic E-state index is -2.16. The molecule has 5 rings (SSSR count). The smallest absolute Gasteiger partial charge is 0.289 e. The number of carbonyl (C=O) groups excluding carboxylic acids is 2. The highest BCUT2D eigenvalue weighted by Gasteiger charge is 2.50. The normalized spacial score (nSPS) is 18.5. The Morgan fingerprint density at radius 3 is 2.32 bits per heavy atom. The summed E-state index contributed by atoms with van der Waals surface area (Å²) in [4.78, 5) is 26.6. The van der Waals surface area contributed by atoms with Crippen molar-refractivity contribution in [2.45, 2.75) is 61.8 Å². The first-order chi connectivity index (χ1) is 17.7. The number of nitrogens with one attached hydrogen (secondary N) is 2. The number of hydrogen-bond acceptors (Lipinski definition) is 6. The summed E-state index contributed by atoms with van der Waals surface area (Å²) in [5.41, 5.74) is 0.815. The van der Waals surface area contributed by atoms with Crippen molar-refractivity contribution in [2.75, 3.05) is 0 Å². The Labute approximate surface area is 221 Å². The van der Waals surface area contributed by atoms with Crippen molar-refractivity contribution < 1.29 is 22.8 Å². The third-order valence-electron chi connectivity index (χ3n) is 7.22. The molecule has 0 radical (unpaired) electrons. The van der Waals surface area contributed by atoms with Crippen LogP contribution in [0.1, 0.15) is 61.1 Å². The molecular weight excluding hydrogens is 514 g/mol. The molecule has 1 unspecified atom stereocenters. The van der Waals surface area contributed by atoms with Crippen molar-refractivity contribution in [3.05, 3.63) is 58.8 Å². The highest BCUT2D eigenvalue weighted by molar-refractivity contribution is 7.78. The number of nitrogens with zero attached hydrogens (tertiary/aromatic N) is 1. The van der Waals surface area contributed by atoms with E-state index in [4.69, 9.17) is 16.0 Å². The molecule has 8 nitrogen and oxygen atoms in total. The van der Waals surface area contributed by atoms with Crippen molar-refractivity contribution in [2.24, 2.45) is 0 Å². The standard InChI is InChI=1S/C27H26ClN3O5S/c28-22-20-9-8-19(18-6-4-17(5-7-18)15-37(34)35)14-21(20)36-23(22)24(32)30-27(10-2-1-3-11-27)25(33)31-26(16-29)12-13-26/h4-9,14H,1-3,10-13,15H2,(H,30,32)(H,31,33)(H,34,35)/p-1. The molecule has 1 atom stereocenters. The SMILES string of the molecule is N#CC1(NC(=O)C2(NC(=O)c3oc4cc(-c5ccc(CS(=O)[O-])cc5)ccc4c3Cl)CCCCC2)CC1. The summed E-state index contributed by atoms with van der Waals surface area (Å²) >= 11 is 4.39. The van der Waals surface area contributed by atoms with Gasteiger partial charge in [0.05, 0.1) is 11.1 Å². The largest absolute Gasteiger partial charge is 0.772 e. The number of rotatable bonds is 7. The van der Waals surface area contributed by atoms with Crippen molar-refractivity contribution in [3.63, 3.8) is 0 Å². The van der Waals surface area contributed by atoms with Crippen LogP contribution in [0.15, 0.2) is 46.9 Å². The fourth-order valence-electron chi connectivity index (χ4n) is 4.89. The number of amides is 2. The average Bonchev–Trinajstić information content (AvgIpc) is 3.59. The number of furan rings is 1. The lowest BCUT2D eigenvalue weighted by Gasteiger charge is -2.37. The molecule has 2 fully saturated rings. The van der Waals surface area contributed by atoms with Crippen molar-refractivity contribution in [1.29, 1.82) is 5.26 Å². The van der Waals surface area contributed by atoms with E-state index in [9.17, 15) is 23.6 Å². The summed E-state index contributed by atoms with van der Waals surface area (Å²) < 4.78 is 27.7. The van der Waals surface area contributed by atoms with Crippen molar-refractivity contribution >= 4 is 45.5 Å². The van der Waals surface area contributed by atoms with Gasteiger partial charge in [-0.1, -0.05) is 72.3 Å². The van der Waals surface area contributed by atoms with Gasteiger partial charge in [-0.25, -0.2) is 0 Å². The quantitative estimate of drug-likeness (QED) is 0.417. The van der Waals surface area contributed by atoms with Gasteiger partial charge in [0.25, 0.3) is 5.91 Å². The number of fused-ring (bicyclic) bond motifs is 1. The van der Waals surface area contributed by atoms with Crippen LogP contribution in [0.4, 0.5) is 0 Å². The van der Waals surface area contributed by atoms with Gasteiger partial charge in [-0.2, -0.15) is 5.26 Å². The molecule has 2 N–H and O–H groups in total. The molecular formula is C27H25ClN3O5S-. The molecule has 1 heterocycles. The summed E-state index contributed by atoms with van der Waals surface area (Å²) in [6, 6.07) is 14.7. The van der Waals surface area contributed by atoms with E-state index < -0.39 is 28.1 Å². The van der Waals surface area contributed by atoms with Gasteiger partial charge in [0.2, 0.25) is 11.7 Å². The van der Waals surface area contributed by atoms with E-state index in [2.05, 4.69) is 16.7 Å². The van der Waals surface area contributed by atoms with Crippen LogP contribution < -0.4 is 10.6 Å². The zero-order valence-corrected chi connectivity index (χ0v) is 21.5. The highest BCUT2D eigenvalue weighted by atomic mass is 35.5. The lowest BCUT2D eigenvalue weighted by atomic mass is 9.80. The number of nitriles is 1. The molecule has 0 aliphatic heterocycles. The van der Waals surface area contributed by atoms with Gasteiger partial charge in [0.15, 0.2) is 0 Å². The molecule has 0 spiro atoms. The zero-order chi connectivity index (χ0) is 26.2. The topological polar surface area (TPSA) is 135 Å². The van der Waals surface area contributed by atoms with E-state index in [-0.39, 0.29) is 22.4 Å². The molecule has 2 aromatic carbocycles. The zero-order valence-electron chi connectivity index (χ0n) is 20.0. The Kier molecular flexibility index (Phi) is 6.84. The first-order valence-corrected chi connectivity index (χ1v) is 13.8. The van der Waals surface area contributed by atoms with Crippen LogP contribution in [-0.4, -0.2) is 31.7 Å². The Morgan fingerprint density at radius 2 is 1.70 bits per heavy atom. The first kappa shape index (κ1) is 25.5. The molecule has 2 aliphatic carbocycles. The Morgan fingerprint density at radius 1 is 1.03 bits per heavy atom. The molecule has 1 aromatic heterocycles.